The van der Waals surface area contributed by atoms with E-state index in [0.717, 1.165) is 29.8 Å². The number of benzene rings is 1. The highest BCUT2D eigenvalue weighted by atomic mass is 19.1. The fourth-order valence-electron chi connectivity index (χ4n) is 1.95. The first-order chi connectivity index (χ1) is 8.29. The molecule has 1 fully saturated rings. The van der Waals surface area contributed by atoms with Crippen molar-refractivity contribution in [3.05, 3.63) is 35.8 Å². The first-order valence-corrected chi connectivity index (χ1v) is 5.69. The molecule has 1 aliphatic carbocycles. The lowest BCUT2D eigenvalue weighted by molar-refractivity contribution is 0.583. The first kappa shape index (κ1) is 10.4. The van der Waals surface area contributed by atoms with E-state index in [1.54, 1.807) is 12.1 Å². The average molecular weight is 232 g/mol. The molecule has 1 aromatic heterocycles. The van der Waals surface area contributed by atoms with Gasteiger partial charge in [-0.1, -0.05) is 5.21 Å². The minimum Gasteiger partial charge on any atom is -0.325 e. The van der Waals surface area contributed by atoms with Crippen molar-refractivity contribution in [2.45, 2.75) is 25.4 Å². The molecule has 88 valence electrons. The van der Waals surface area contributed by atoms with E-state index in [4.69, 9.17) is 5.73 Å². The average Bonchev–Trinajstić information content (AvgIpc) is 3.10. The lowest BCUT2D eigenvalue weighted by atomic mass is 10.1. The van der Waals surface area contributed by atoms with Crippen LogP contribution in [-0.4, -0.2) is 15.0 Å². The zero-order valence-electron chi connectivity index (χ0n) is 9.31. The summed E-state index contributed by atoms with van der Waals surface area (Å²) in [6, 6.07) is 6.71. The van der Waals surface area contributed by atoms with Crippen LogP contribution in [0.2, 0.25) is 0 Å². The second-order valence-electron chi connectivity index (χ2n) is 4.27. The number of aromatic nitrogens is 3. The summed E-state index contributed by atoms with van der Waals surface area (Å²) in [5, 5.41) is 8.30. The molecule has 2 aromatic rings. The Labute approximate surface area is 98.2 Å². The van der Waals surface area contributed by atoms with Crippen LogP contribution in [-0.2, 0) is 6.54 Å². The highest BCUT2D eigenvalue weighted by Crippen LogP contribution is 2.36. The highest BCUT2D eigenvalue weighted by molar-refractivity contribution is 5.61. The Hall–Kier alpha value is -1.75. The van der Waals surface area contributed by atoms with Gasteiger partial charge in [0.2, 0.25) is 0 Å². The highest BCUT2D eigenvalue weighted by Gasteiger charge is 2.28. The Morgan fingerprint density at radius 3 is 2.59 bits per heavy atom. The third-order valence-corrected chi connectivity index (χ3v) is 2.99. The zero-order chi connectivity index (χ0) is 11.8. The van der Waals surface area contributed by atoms with Gasteiger partial charge in [-0.2, -0.15) is 0 Å². The molecule has 4 nitrogen and oxygen atoms in total. The number of hydrogen-bond donors (Lipinski definition) is 1. The summed E-state index contributed by atoms with van der Waals surface area (Å²) in [5.74, 6) is -0.252. The molecular weight excluding hydrogens is 219 g/mol. The molecule has 1 aliphatic rings. The van der Waals surface area contributed by atoms with Gasteiger partial charge in [-0.25, -0.2) is 9.07 Å². The predicted molar refractivity (Wildman–Crippen MR) is 61.6 cm³/mol. The molecule has 1 aromatic carbocycles. The Balaban J connectivity index is 2.04. The molecule has 0 radical (unpaired) electrons. The van der Waals surface area contributed by atoms with Gasteiger partial charge in [-0.05, 0) is 37.1 Å². The van der Waals surface area contributed by atoms with Crippen LogP contribution in [0.25, 0.3) is 11.3 Å². The first-order valence-electron chi connectivity index (χ1n) is 5.69. The van der Waals surface area contributed by atoms with Gasteiger partial charge in [0.1, 0.15) is 11.5 Å². The second-order valence-corrected chi connectivity index (χ2v) is 4.27. The molecular formula is C12H13FN4. The van der Waals surface area contributed by atoms with E-state index in [0.29, 0.717) is 12.6 Å². The molecule has 3 rings (SSSR count). The van der Waals surface area contributed by atoms with Crippen molar-refractivity contribution in [1.29, 1.82) is 0 Å². The summed E-state index contributed by atoms with van der Waals surface area (Å²) in [6.45, 7) is 0.399. The maximum absolute atomic E-state index is 12.9. The van der Waals surface area contributed by atoms with Gasteiger partial charge >= 0.3 is 0 Å². The molecule has 0 amide bonds. The second kappa shape index (κ2) is 3.92. The molecule has 0 unspecified atom stereocenters. The molecule has 0 saturated heterocycles. The molecule has 17 heavy (non-hydrogen) atoms. The molecule has 1 saturated carbocycles. The molecule has 0 bridgehead atoms. The van der Waals surface area contributed by atoms with Crippen LogP contribution in [0.15, 0.2) is 24.3 Å². The van der Waals surface area contributed by atoms with Crippen molar-refractivity contribution in [2.75, 3.05) is 0 Å². The number of nitrogens with zero attached hydrogens (tertiary/aromatic N) is 3. The van der Waals surface area contributed by atoms with E-state index in [2.05, 4.69) is 10.3 Å². The Kier molecular flexibility index (Phi) is 2.40. The molecule has 5 heteroatoms. The van der Waals surface area contributed by atoms with Gasteiger partial charge in [-0.15, -0.1) is 5.10 Å². The summed E-state index contributed by atoms with van der Waals surface area (Å²) >= 11 is 0. The lowest BCUT2D eigenvalue weighted by Gasteiger charge is -2.04. The SMILES string of the molecule is NCc1c(-c2ccc(F)cc2)nnn1C1CC1. The van der Waals surface area contributed by atoms with Crippen molar-refractivity contribution >= 4 is 0 Å². The third-order valence-electron chi connectivity index (χ3n) is 2.99. The summed E-state index contributed by atoms with van der Waals surface area (Å²) < 4.78 is 14.8. The fraction of sp³-hybridized carbons (Fsp3) is 0.333. The fourth-order valence-corrected chi connectivity index (χ4v) is 1.95. The monoisotopic (exact) mass is 232 g/mol. The predicted octanol–water partition coefficient (Wildman–Crippen LogP) is 1.88. The van der Waals surface area contributed by atoms with Crippen molar-refractivity contribution in [2.24, 2.45) is 5.73 Å². The lowest BCUT2D eigenvalue weighted by Crippen LogP contribution is -2.08. The van der Waals surface area contributed by atoms with Crippen LogP contribution in [0.4, 0.5) is 4.39 Å². The summed E-state index contributed by atoms with van der Waals surface area (Å²) in [5.41, 5.74) is 8.31. The van der Waals surface area contributed by atoms with E-state index < -0.39 is 0 Å². The normalized spacial score (nSPS) is 15.2. The van der Waals surface area contributed by atoms with Gasteiger partial charge < -0.3 is 5.73 Å². The van der Waals surface area contributed by atoms with Gasteiger partial charge in [0.15, 0.2) is 0 Å². The van der Waals surface area contributed by atoms with Crippen molar-refractivity contribution in [3.8, 4) is 11.3 Å². The Bertz CT molecular complexity index is 528. The van der Waals surface area contributed by atoms with Crippen molar-refractivity contribution in [1.82, 2.24) is 15.0 Å². The summed E-state index contributed by atoms with van der Waals surface area (Å²) in [7, 11) is 0. The quantitative estimate of drug-likeness (QED) is 0.879. The van der Waals surface area contributed by atoms with Crippen LogP contribution in [0.1, 0.15) is 24.6 Å². The molecule has 0 spiro atoms. The van der Waals surface area contributed by atoms with E-state index in [9.17, 15) is 4.39 Å². The van der Waals surface area contributed by atoms with Crippen LogP contribution in [0, 0.1) is 5.82 Å². The van der Waals surface area contributed by atoms with Crippen LogP contribution < -0.4 is 5.73 Å². The van der Waals surface area contributed by atoms with Gasteiger partial charge in [0, 0.05) is 12.1 Å². The van der Waals surface area contributed by atoms with Gasteiger partial charge in [0.25, 0.3) is 0 Å². The molecule has 2 N–H and O–H groups in total. The maximum atomic E-state index is 12.9. The smallest absolute Gasteiger partial charge is 0.123 e. The van der Waals surface area contributed by atoms with E-state index in [1.165, 1.54) is 12.1 Å². The number of rotatable bonds is 3. The standard InChI is InChI=1S/C12H13FN4/c13-9-3-1-8(2-4-9)12-11(7-14)17(16-15-12)10-5-6-10/h1-4,10H,5-7,14H2. The summed E-state index contributed by atoms with van der Waals surface area (Å²) in [4.78, 5) is 0. The number of nitrogens with two attached hydrogens (primary N) is 1. The van der Waals surface area contributed by atoms with Crippen molar-refractivity contribution in [3.63, 3.8) is 0 Å². The van der Waals surface area contributed by atoms with Crippen LogP contribution >= 0.6 is 0 Å². The molecule has 1 heterocycles. The van der Waals surface area contributed by atoms with E-state index >= 15 is 0 Å². The van der Waals surface area contributed by atoms with Crippen LogP contribution in [0.3, 0.4) is 0 Å². The van der Waals surface area contributed by atoms with E-state index in [1.807, 2.05) is 4.68 Å². The molecule has 0 aliphatic heterocycles. The largest absolute Gasteiger partial charge is 0.325 e. The minimum absolute atomic E-state index is 0.252. The number of hydrogen-bond acceptors (Lipinski definition) is 3. The minimum atomic E-state index is -0.252. The van der Waals surface area contributed by atoms with Gasteiger partial charge in [0.05, 0.1) is 11.7 Å². The zero-order valence-corrected chi connectivity index (χ0v) is 9.31. The Morgan fingerprint density at radius 2 is 2.00 bits per heavy atom. The number of halogens is 1. The Morgan fingerprint density at radius 1 is 1.29 bits per heavy atom. The van der Waals surface area contributed by atoms with E-state index in [-0.39, 0.29) is 5.82 Å². The molecule has 0 atom stereocenters. The third kappa shape index (κ3) is 1.82. The maximum Gasteiger partial charge on any atom is 0.123 e. The topological polar surface area (TPSA) is 56.7 Å². The summed E-state index contributed by atoms with van der Waals surface area (Å²) in [6.07, 6.45) is 2.28. The van der Waals surface area contributed by atoms with Crippen molar-refractivity contribution < 1.29 is 4.39 Å². The van der Waals surface area contributed by atoms with Crippen LogP contribution in [0.5, 0.6) is 0 Å². The van der Waals surface area contributed by atoms with Gasteiger partial charge in [-0.3, -0.25) is 0 Å².